The maximum atomic E-state index is 3.66. The molecule has 136 valence electrons. The van der Waals surface area contributed by atoms with Crippen molar-refractivity contribution in [2.45, 2.75) is 78.6 Å². The van der Waals surface area contributed by atoms with Crippen molar-refractivity contribution in [3.8, 4) is 0 Å². The fraction of sp³-hybridized carbons (Fsp3) is 0.500. The van der Waals surface area contributed by atoms with E-state index in [2.05, 4.69) is 68.6 Å². The van der Waals surface area contributed by atoms with E-state index < -0.39 is 0 Å². The summed E-state index contributed by atoms with van der Waals surface area (Å²) in [5, 5.41) is 3.66. The van der Waals surface area contributed by atoms with Gasteiger partial charge in [0.25, 0.3) is 0 Å². The van der Waals surface area contributed by atoms with Gasteiger partial charge >= 0.3 is 0 Å². The van der Waals surface area contributed by atoms with Gasteiger partial charge in [-0.15, -0.1) is 0 Å². The van der Waals surface area contributed by atoms with Crippen LogP contribution in [0, 0.1) is 0 Å². The summed E-state index contributed by atoms with van der Waals surface area (Å²) in [5.74, 6) is 0. The van der Waals surface area contributed by atoms with Crippen molar-refractivity contribution in [1.82, 2.24) is 0 Å². The van der Waals surface area contributed by atoms with Gasteiger partial charge in [-0.25, -0.2) is 0 Å². The first-order valence-electron chi connectivity index (χ1n) is 10.2. The molecule has 0 aliphatic rings. The number of aryl methyl sites for hydroxylation is 3. The molecule has 0 aromatic heterocycles. The summed E-state index contributed by atoms with van der Waals surface area (Å²) < 4.78 is 0. The molecule has 1 nitrogen and oxygen atoms in total. The molecule has 1 N–H and O–H groups in total. The van der Waals surface area contributed by atoms with Crippen LogP contribution < -0.4 is 5.32 Å². The quantitative estimate of drug-likeness (QED) is 0.420. The minimum atomic E-state index is 1.06. The Labute approximate surface area is 154 Å². The fourth-order valence-corrected chi connectivity index (χ4v) is 3.42. The van der Waals surface area contributed by atoms with Crippen LogP contribution in [0.1, 0.15) is 76.0 Å². The highest BCUT2D eigenvalue weighted by Crippen LogP contribution is 2.26. The molecule has 0 unspecified atom stereocenters. The van der Waals surface area contributed by atoms with Crippen LogP contribution in [-0.4, -0.2) is 0 Å². The molecule has 2 aromatic carbocycles. The van der Waals surface area contributed by atoms with Crippen molar-refractivity contribution in [2.24, 2.45) is 0 Å². The Morgan fingerprint density at radius 2 is 1.36 bits per heavy atom. The van der Waals surface area contributed by atoms with Crippen molar-refractivity contribution in [2.75, 3.05) is 5.32 Å². The molecule has 0 spiro atoms. The first-order valence-corrected chi connectivity index (χ1v) is 10.2. The average Bonchev–Trinajstić information content (AvgIpc) is 2.66. The van der Waals surface area contributed by atoms with Crippen LogP contribution >= 0.6 is 0 Å². The number of hydrogen-bond donors (Lipinski definition) is 1. The Morgan fingerprint density at radius 1 is 0.680 bits per heavy atom. The molecule has 0 fully saturated rings. The lowest BCUT2D eigenvalue weighted by Gasteiger charge is -2.15. The van der Waals surface area contributed by atoms with E-state index in [-0.39, 0.29) is 0 Å². The molecular weight excluding hydrogens is 302 g/mol. The lowest BCUT2D eigenvalue weighted by atomic mass is 10.0. The molecule has 0 amide bonds. The predicted octanol–water partition coefficient (Wildman–Crippen LogP) is 7.46. The Bertz CT molecular complexity index is 630. The molecule has 0 aliphatic carbocycles. The van der Waals surface area contributed by atoms with Crippen LogP contribution in [-0.2, 0) is 19.3 Å². The van der Waals surface area contributed by atoms with Crippen LogP contribution in [0.5, 0.6) is 0 Å². The van der Waals surface area contributed by atoms with E-state index >= 15 is 0 Å². The third-order valence-electron chi connectivity index (χ3n) is 5.04. The largest absolute Gasteiger partial charge is 0.355 e. The second-order valence-corrected chi connectivity index (χ2v) is 7.00. The molecule has 0 saturated carbocycles. The second kappa shape index (κ2) is 11.0. The lowest BCUT2D eigenvalue weighted by molar-refractivity contribution is 0.607. The standard InChI is InChI=1S/C24H35N/c1-4-7-8-9-10-11-14-20-17-18-24(22(6-3)19-20)25-23-16-13-12-15-21(23)5-2/h12-13,15-19,25H,4-11,14H2,1-3H3. The highest BCUT2D eigenvalue weighted by molar-refractivity contribution is 5.66. The van der Waals surface area contributed by atoms with Crippen LogP contribution in [0.15, 0.2) is 42.5 Å². The van der Waals surface area contributed by atoms with E-state index in [4.69, 9.17) is 0 Å². The van der Waals surface area contributed by atoms with Crippen molar-refractivity contribution in [1.29, 1.82) is 0 Å². The number of hydrogen-bond acceptors (Lipinski definition) is 1. The fourth-order valence-electron chi connectivity index (χ4n) is 3.42. The van der Waals surface area contributed by atoms with Crippen molar-refractivity contribution in [3.63, 3.8) is 0 Å². The summed E-state index contributed by atoms with van der Waals surface area (Å²) in [6.45, 7) is 6.74. The number of nitrogens with one attached hydrogen (secondary N) is 1. The number of benzene rings is 2. The van der Waals surface area contributed by atoms with Gasteiger partial charge in [0.1, 0.15) is 0 Å². The van der Waals surface area contributed by atoms with Crippen LogP contribution in [0.3, 0.4) is 0 Å². The van der Waals surface area contributed by atoms with E-state index in [0.29, 0.717) is 0 Å². The molecule has 2 rings (SSSR count). The maximum absolute atomic E-state index is 3.66. The second-order valence-electron chi connectivity index (χ2n) is 7.00. The summed E-state index contributed by atoms with van der Waals surface area (Å²) in [6, 6.07) is 15.6. The third-order valence-corrected chi connectivity index (χ3v) is 5.04. The van der Waals surface area contributed by atoms with E-state index in [0.717, 1.165) is 12.8 Å². The van der Waals surface area contributed by atoms with Crippen molar-refractivity contribution >= 4 is 11.4 Å². The summed E-state index contributed by atoms with van der Waals surface area (Å²) in [4.78, 5) is 0. The monoisotopic (exact) mass is 337 g/mol. The normalized spacial score (nSPS) is 10.8. The molecule has 0 heterocycles. The summed E-state index contributed by atoms with van der Waals surface area (Å²) in [5.41, 5.74) is 6.79. The summed E-state index contributed by atoms with van der Waals surface area (Å²) in [7, 11) is 0. The van der Waals surface area contributed by atoms with Gasteiger partial charge in [-0.2, -0.15) is 0 Å². The van der Waals surface area contributed by atoms with Crippen molar-refractivity contribution in [3.05, 3.63) is 59.2 Å². The van der Waals surface area contributed by atoms with Gasteiger partial charge in [-0.3, -0.25) is 0 Å². The summed E-state index contributed by atoms with van der Waals surface area (Å²) in [6.07, 6.45) is 11.5. The van der Waals surface area contributed by atoms with Crippen LogP contribution in [0.4, 0.5) is 11.4 Å². The Morgan fingerprint density at radius 3 is 2.12 bits per heavy atom. The minimum absolute atomic E-state index is 1.06. The third kappa shape index (κ3) is 6.23. The Kier molecular flexibility index (Phi) is 8.59. The molecule has 0 aliphatic heterocycles. The van der Waals surface area contributed by atoms with Gasteiger partial charge in [0, 0.05) is 11.4 Å². The van der Waals surface area contributed by atoms with Gasteiger partial charge < -0.3 is 5.32 Å². The number of rotatable bonds is 11. The topological polar surface area (TPSA) is 12.0 Å². The van der Waals surface area contributed by atoms with Gasteiger partial charge in [-0.1, -0.05) is 83.2 Å². The molecule has 2 aromatic rings. The number of unbranched alkanes of at least 4 members (excludes halogenated alkanes) is 5. The zero-order valence-electron chi connectivity index (χ0n) is 16.4. The van der Waals surface area contributed by atoms with Gasteiger partial charge in [-0.05, 0) is 54.5 Å². The molecule has 0 radical (unpaired) electrons. The Balaban J connectivity index is 1.97. The lowest BCUT2D eigenvalue weighted by Crippen LogP contribution is -1.99. The van der Waals surface area contributed by atoms with E-state index in [1.165, 1.54) is 73.0 Å². The van der Waals surface area contributed by atoms with Gasteiger partial charge in [0.2, 0.25) is 0 Å². The average molecular weight is 338 g/mol. The number of anilines is 2. The SMILES string of the molecule is CCCCCCCCc1ccc(Nc2ccccc2CC)c(CC)c1. The number of para-hydroxylation sites is 1. The van der Waals surface area contributed by atoms with Crippen LogP contribution in [0.25, 0.3) is 0 Å². The van der Waals surface area contributed by atoms with Crippen molar-refractivity contribution < 1.29 is 0 Å². The highest BCUT2D eigenvalue weighted by atomic mass is 14.9. The molecule has 0 bridgehead atoms. The minimum Gasteiger partial charge on any atom is -0.355 e. The Hall–Kier alpha value is -1.76. The smallest absolute Gasteiger partial charge is 0.0416 e. The van der Waals surface area contributed by atoms with Crippen LogP contribution in [0.2, 0.25) is 0 Å². The maximum Gasteiger partial charge on any atom is 0.0416 e. The summed E-state index contributed by atoms with van der Waals surface area (Å²) >= 11 is 0. The first kappa shape index (κ1) is 19.6. The zero-order valence-corrected chi connectivity index (χ0v) is 16.4. The zero-order chi connectivity index (χ0) is 17.9. The molecule has 0 saturated heterocycles. The molecule has 25 heavy (non-hydrogen) atoms. The predicted molar refractivity (Wildman–Crippen MR) is 112 cm³/mol. The first-order chi connectivity index (χ1) is 12.3. The molecule has 1 heteroatoms. The molecular formula is C24H35N. The van der Waals surface area contributed by atoms with Gasteiger partial charge in [0.15, 0.2) is 0 Å². The molecule has 0 atom stereocenters. The van der Waals surface area contributed by atoms with E-state index in [1.807, 2.05) is 0 Å². The van der Waals surface area contributed by atoms with E-state index in [9.17, 15) is 0 Å². The van der Waals surface area contributed by atoms with Gasteiger partial charge in [0.05, 0.1) is 0 Å². The highest BCUT2D eigenvalue weighted by Gasteiger charge is 2.06. The van der Waals surface area contributed by atoms with E-state index in [1.54, 1.807) is 0 Å².